The van der Waals surface area contributed by atoms with Crippen LogP contribution in [0, 0.1) is 6.92 Å². The molecule has 104 valence electrons. The molecule has 5 nitrogen and oxygen atoms in total. The predicted molar refractivity (Wildman–Crippen MR) is 80.7 cm³/mol. The quantitative estimate of drug-likeness (QED) is 0.794. The maximum atomic E-state index is 6.05. The number of anilines is 1. The second-order valence-electron chi connectivity index (χ2n) is 5.03. The largest absolute Gasteiger partial charge is 0.382 e. The fourth-order valence-electron chi connectivity index (χ4n) is 2.53. The van der Waals surface area contributed by atoms with Crippen molar-refractivity contribution in [1.29, 1.82) is 0 Å². The van der Waals surface area contributed by atoms with Crippen molar-refractivity contribution in [3.63, 3.8) is 0 Å². The summed E-state index contributed by atoms with van der Waals surface area (Å²) in [6.07, 6.45) is 0.110. The molecule has 0 saturated carbocycles. The monoisotopic (exact) mass is 270 g/mol. The molecule has 0 aliphatic rings. The van der Waals surface area contributed by atoms with Gasteiger partial charge in [0.1, 0.15) is 11.3 Å². The normalized spacial score (nSPS) is 13.2. The molecule has 0 bridgehead atoms. The van der Waals surface area contributed by atoms with Crippen molar-refractivity contribution in [2.45, 2.75) is 26.5 Å². The van der Waals surface area contributed by atoms with Crippen LogP contribution in [0.5, 0.6) is 0 Å². The number of rotatable bonds is 3. The van der Waals surface area contributed by atoms with Crippen LogP contribution in [0.1, 0.15) is 12.7 Å². The van der Waals surface area contributed by atoms with Crippen LogP contribution in [0.3, 0.4) is 0 Å². The first-order chi connectivity index (χ1) is 9.61. The van der Waals surface area contributed by atoms with E-state index in [9.17, 15) is 0 Å². The van der Waals surface area contributed by atoms with Crippen LogP contribution in [0.4, 0.5) is 5.82 Å². The molecule has 0 fully saturated rings. The van der Waals surface area contributed by atoms with Crippen LogP contribution in [0.15, 0.2) is 24.3 Å². The topological polar surface area (TPSA) is 66.0 Å². The number of aryl methyl sites for hydroxylation is 1. The van der Waals surface area contributed by atoms with Crippen molar-refractivity contribution in [3.05, 3.63) is 30.1 Å². The smallest absolute Gasteiger partial charge is 0.152 e. The van der Waals surface area contributed by atoms with Gasteiger partial charge in [0.15, 0.2) is 5.82 Å². The SMILES string of the molecule is COC(C)Cn1c(C)nc2c(N)nc3ccccc3c21. The molecule has 1 unspecified atom stereocenters. The highest BCUT2D eigenvalue weighted by Crippen LogP contribution is 2.28. The number of hydrogen-bond donors (Lipinski definition) is 1. The van der Waals surface area contributed by atoms with Crippen LogP contribution in [-0.4, -0.2) is 27.7 Å². The van der Waals surface area contributed by atoms with Gasteiger partial charge in [0.05, 0.1) is 23.7 Å². The third-order valence-electron chi connectivity index (χ3n) is 3.64. The minimum absolute atomic E-state index is 0.110. The Balaban J connectivity index is 2.36. The second-order valence-corrected chi connectivity index (χ2v) is 5.03. The molecule has 0 saturated heterocycles. The van der Waals surface area contributed by atoms with Gasteiger partial charge in [-0.15, -0.1) is 0 Å². The molecule has 3 aromatic rings. The number of pyridine rings is 1. The van der Waals surface area contributed by atoms with E-state index in [1.807, 2.05) is 32.0 Å². The molecule has 0 aliphatic carbocycles. The van der Waals surface area contributed by atoms with Gasteiger partial charge in [-0.25, -0.2) is 9.97 Å². The Hall–Kier alpha value is -2.14. The van der Waals surface area contributed by atoms with Crippen LogP contribution < -0.4 is 5.73 Å². The second kappa shape index (κ2) is 4.76. The van der Waals surface area contributed by atoms with Gasteiger partial charge in [-0.3, -0.25) is 0 Å². The predicted octanol–water partition coefficient (Wildman–Crippen LogP) is 2.51. The molecule has 5 heteroatoms. The lowest BCUT2D eigenvalue weighted by molar-refractivity contribution is 0.104. The Morgan fingerprint density at radius 3 is 2.80 bits per heavy atom. The number of hydrogen-bond acceptors (Lipinski definition) is 4. The third-order valence-corrected chi connectivity index (χ3v) is 3.64. The van der Waals surface area contributed by atoms with E-state index in [0.717, 1.165) is 34.3 Å². The molecule has 0 amide bonds. The van der Waals surface area contributed by atoms with Gasteiger partial charge in [0.25, 0.3) is 0 Å². The van der Waals surface area contributed by atoms with Gasteiger partial charge < -0.3 is 15.0 Å². The lowest BCUT2D eigenvalue weighted by atomic mass is 10.2. The zero-order chi connectivity index (χ0) is 14.3. The molecular weight excluding hydrogens is 252 g/mol. The van der Waals surface area contributed by atoms with Gasteiger partial charge in [0.2, 0.25) is 0 Å². The Bertz CT molecular complexity index is 778. The van der Waals surface area contributed by atoms with Crippen molar-refractivity contribution >= 4 is 27.8 Å². The van der Waals surface area contributed by atoms with Gasteiger partial charge in [-0.1, -0.05) is 18.2 Å². The lowest BCUT2D eigenvalue weighted by Gasteiger charge is -2.13. The number of imidazole rings is 1. The maximum Gasteiger partial charge on any atom is 0.152 e. The molecule has 2 heterocycles. The number of fused-ring (bicyclic) bond motifs is 3. The summed E-state index contributed by atoms with van der Waals surface area (Å²) in [6, 6.07) is 7.99. The number of aromatic nitrogens is 3. The summed E-state index contributed by atoms with van der Waals surface area (Å²) in [5, 5.41) is 1.07. The van der Waals surface area contributed by atoms with Crippen LogP contribution >= 0.6 is 0 Å². The first-order valence-electron chi connectivity index (χ1n) is 6.65. The molecule has 1 aromatic carbocycles. The molecule has 2 N–H and O–H groups in total. The zero-order valence-electron chi connectivity index (χ0n) is 11.9. The van der Waals surface area contributed by atoms with Crippen molar-refractivity contribution < 1.29 is 4.74 Å². The van der Waals surface area contributed by atoms with E-state index in [1.54, 1.807) is 7.11 Å². The van der Waals surface area contributed by atoms with Crippen molar-refractivity contribution in [2.24, 2.45) is 0 Å². The molecule has 0 aliphatic heterocycles. The number of nitrogens with zero attached hydrogens (tertiary/aromatic N) is 3. The molecule has 20 heavy (non-hydrogen) atoms. The maximum absolute atomic E-state index is 6.05. The Kier molecular flexibility index (Phi) is 3.06. The van der Waals surface area contributed by atoms with E-state index >= 15 is 0 Å². The number of nitrogens with two attached hydrogens (primary N) is 1. The highest BCUT2D eigenvalue weighted by atomic mass is 16.5. The Morgan fingerprint density at radius 1 is 1.30 bits per heavy atom. The fourth-order valence-corrected chi connectivity index (χ4v) is 2.53. The first kappa shape index (κ1) is 12.9. The molecule has 2 aromatic heterocycles. The molecular formula is C15H18N4O. The van der Waals surface area contributed by atoms with E-state index < -0.39 is 0 Å². The van der Waals surface area contributed by atoms with Crippen LogP contribution in [0.25, 0.3) is 21.9 Å². The minimum Gasteiger partial charge on any atom is -0.382 e. The van der Waals surface area contributed by atoms with Crippen LogP contribution in [-0.2, 0) is 11.3 Å². The number of ether oxygens (including phenoxy) is 1. The highest BCUT2D eigenvalue weighted by Gasteiger charge is 2.16. The summed E-state index contributed by atoms with van der Waals surface area (Å²) in [7, 11) is 1.72. The molecule has 3 rings (SSSR count). The summed E-state index contributed by atoms with van der Waals surface area (Å²) < 4.78 is 7.53. The van der Waals surface area contributed by atoms with Crippen molar-refractivity contribution in [2.75, 3.05) is 12.8 Å². The van der Waals surface area contributed by atoms with Gasteiger partial charge in [0, 0.05) is 12.5 Å². The average molecular weight is 270 g/mol. The van der Waals surface area contributed by atoms with E-state index in [-0.39, 0.29) is 6.10 Å². The Labute approximate surface area is 117 Å². The van der Waals surface area contributed by atoms with E-state index in [4.69, 9.17) is 10.5 Å². The lowest BCUT2D eigenvalue weighted by Crippen LogP contribution is -2.15. The summed E-state index contributed by atoms with van der Waals surface area (Å²) in [6.45, 7) is 4.76. The number of nitrogen functional groups attached to an aromatic ring is 1. The molecule has 0 spiro atoms. The van der Waals surface area contributed by atoms with Crippen molar-refractivity contribution in [1.82, 2.24) is 14.5 Å². The van der Waals surface area contributed by atoms with Crippen LogP contribution in [0.2, 0.25) is 0 Å². The molecule has 1 atom stereocenters. The summed E-state index contributed by atoms with van der Waals surface area (Å²) in [5.41, 5.74) is 8.75. The van der Waals surface area contributed by atoms with E-state index in [2.05, 4.69) is 20.6 Å². The standard InChI is InChI=1S/C15H18N4O/c1-9(20-3)8-19-10(2)17-13-14(19)11-6-4-5-7-12(11)18-15(13)16/h4-7,9H,8H2,1-3H3,(H2,16,18). The minimum atomic E-state index is 0.110. The summed E-state index contributed by atoms with van der Waals surface area (Å²) >= 11 is 0. The van der Waals surface area contributed by atoms with E-state index in [0.29, 0.717) is 5.82 Å². The highest BCUT2D eigenvalue weighted by molar-refractivity contribution is 6.06. The van der Waals surface area contributed by atoms with E-state index in [1.165, 1.54) is 0 Å². The third kappa shape index (κ3) is 1.91. The number of methoxy groups -OCH3 is 1. The van der Waals surface area contributed by atoms with Gasteiger partial charge in [-0.2, -0.15) is 0 Å². The van der Waals surface area contributed by atoms with Crippen molar-refractivity contribution in [3.8, 4) is 0 Å². The molecule has 0 radical (unpaired) electrons. The average Bonchev–Trinajstić information content (AvgIpc) is 2.77. The fraction of sp³-hybridized carbons (Fsp3) is 0.333. The Morgan fingerprint density at radius 2 is 2.05 bits per heavy atom. The van der Waals surface area contributed by atoms with Gasteiger partial charge in [-0.05, 0) is 19.9 Å². The number of benzene rings is 1. The summed E-state index contributed by atoms with van der Waals surface area (Å²) in [4.78, 5) is 9.00. The van der Waals surface area contributed by atoms with Gasteiger partial charge >= 0.3 is 0 Å². The first-order valence-corrected chi connectivity index (χ1v) is 6.65. The number of para-hydroxylation sites is 1. The summed E-state index contributed by atoms with van der Waals surface area (Å²) in [5.74, 6) is 1.40. The zero-order valence-corrected chi connectivity index (χ0v) is 11.9.